The van der Waals surface area contributed by atoms with E-state index in [-0.39, 0.29) is 34.0 Å². The van der Waals surface area contributed by atoms with Gasteiger partial charge in [-0.3, -0.25) is 0 Å². The van der Waals surface area contributed by atoms with Crippen molar-refractivity contribution in [3.63, 3.8) is 0 Å². The Labute approximate surface area is 154 Å². The molecule has 3 aromatic rings. The second-order valence-corrected chi connectivity index (χ2v) is 10.7. The van der Waals surface area contributed by atoms with Crippen molar-refractivity contribution in [2.45, 2.75) is 0 Å². The van der Waals surface area contributed by atoms with E-state index in [0.29, 0.717) is 0 Å². The zero-order valence-corrected chi connectivity index (χ0v) is 17.1. The van der Waals surface area contributed by atoms with Crippen LogP contribution in [0.25, 0.3) is 0 Å². The number of halogens is 2. The van der Waals surface area contributed by atoms with E-state index in [2.05, 4.69) is 91.0 Å². The van der Waals surface area contributed by atoms with Gasteiger partial charge in [0.2, 0.25) is 0 Å². The van der Waals surface area contributed by atoms with Gasteiger partial charge in [-0.2, -0.15) is 0 Å². The topological polar surface area (TPSA) is 0 Å². The summed E-state index contributed by atoms with van der Waals surface area (Å²) in [6.07, 6.45) is 0. The average molecular weight is 513 g/mol. The standard InChI is InChI=1S/3C6H5.2BrH.Sb/c3*1-2-4-6-5-3-1;;;/h3*1-5H;2*1H;/p-2. The summed E-state index contributed by atoms with van der Waals surface area (Å²) in [6, 6.07) is 32.9. The van der Waals surface area contributed by atoms with Crippen LogP contribution in [0.15, 0.2) is 91.0 Å². The molecule has 3 rings (SSSR count). The van der Waals surface area contributed by atoms with Crippen LogP contribution in [0.5, 0.6) is 0 Å². The molecular formula is C18H15Br2Sb-2. The Kier molecular flexibility index (Phi) is 8.32. The van der Waals surface area contributed by atoms with Gasteiger partial charge in [0.25, 0.3) is 0 Å². The maximum absolute atomic E-state index is 2.28. The van der Waals surface area contributed by atoms with Gasteiger partial charge in [0, 0.05) is 0 Å². The van der Waals surface area contributed by atoms with Gasteiger partial charge in [-0.15, -0.1) is 0 Å². The van der Waals surface area contributed by atoms with Gasteiger partial charge >= 0.3 is 122 Å². The van der Waals surface area contributed by atoms with Crippen molar-refractivity contribution in [2.24, 2.45) is 0 Å². The van der Waals surface area contributed by atoms with Crippen molar-refractivity contribution >= 4 is 30.7 Å². The van der Waals surface area contributed by atoms with Crippen molar-refractivity contribution in [1.82, 2.24) is 0 Å². The normalized spacial score (nSPS) is 9.57. The molecule has 0 aliphatic carbocycles. The SMILES string of the molecule is [Br-].[Br-].c1cc[c]([Sb]([c]2ccccc2)[c]2ccccc2)cc1. The first-order valence-corrected chi connectivity index (χ1v) is 10.2. The predicted octanol–water partition coefficient (Wildman–Crippen LogP) is -3.79. The Bertz CT molecular complexity index is 533. The number of rotatable bonds is 3. The first-order chi connectivity index (χ1) is 9.45. The molecule has 0 fully saturated rings. The molecule has 21 heavy (non-hydrogen) atoms. The van der Waals surface area contributed by atoms with Crippen LogP contribution >= 0.6 is 0 Å². The molecule has 0 N–H and O–H groups in total. The maximum atomic E-state index is 2.28. The second-order valence-electron chi connectivity index (χ2n) is 4.34. The van der Waals surface area contributed by atoms with Gasteiger partial charge in [-0.1, -0.05) is 0 Å². The summed E-state index contributed by atoms with van der Waals surface area (Å²) in [7, 11) is 0. The minimum atomic E-state index is -1.83. The van der Waals surface area contributed by atoms with E-state index in [4.69, 9.17) is 0 Å². The van der Waals surface area contributed by atoms with E-state index in [9.17, 15) is 0 Å². The molecule has 0 amide bonds. The first-order valence-electron chi connectivity index (χ1n) is 6.40. The monoisotopic (exact) mass is 510 g/mol. The molecule has 0 aliphatic heterocycles. The average Bonchev–Trinajstić information content (AvgIpc) is 2.51. The fourth-order valence-corrected chi connectivity index (χ4v) is 8.76. The molecule has 3 heteroatoms. The molecule has 0 heterocycles. The fourth-order valence-electron chi connectivity index (χ4n) is 2.18. The van der Waals surface area contributed by atoms with Gasteiger partial charge in [-0.05, 0) is 0 Å². The zero-order valence-electron chi connectivity index (χ0n) is 11.4. The Balaban J connectivity index is 0.00000110. The molecule has 0 nitrogen and oxygen atoms in total. The van der Waals surface area contributed by atoms with E-state index in [1.807, 2.05) is 0 Å². The first kappa shape index (κ1) is 18.5. The van der Waals surface area contributed by atoms with Gasteiger partial charge in [0.05, 0.1) is 0 Å². The molecular weight excluding hydrogens is 498 g/mol. The van der Waals surface area contributed by atoms with Crippen LogP contribution in [-0.4, -0.2) is 20.2 Å². The third-order valence-corrected chi connectivity index (χ3v) is 10.0. The van der Waals surface area contributed by atoms with Crippen LogP contribution in [0.2, 0.25) is 0 Å². The van der Waals surface area contributed by atoms with Gasteiger partial charge in [0.1, 0.15) is 0 Å². The molecule has 108 valence electrons. The van der Waals surface area contributed by atoms with E-state index in [1.165, 1.54) is 10.5 Å². The molecule has 0 unspecified atom stereocenters. The molecule has 0 bridgehead atoms. The summed E-state index contributed by atoms with van der Waals surface area (Å²) < 4.78 is 4.55. The zero-order chi connectivity index (χ0) is 12.9. The Morgan fingerprint density at radius 2 is 0.619 bits per heavy atom. The molecule has 0 atom stereocenters. The summed E-state index contributed by atoms with van der Waals surface area (Å²) in [5.74, 6) is 0. The summed E-state index contributed by atoms with van der Waals surface area (Å²) in [4.78, 5) is 0. The van der Waals surface area contributed by atoms with Crippen LogP contribution in [-0.2, 0) is 0 Å². The van der Waals surface area contributed by atoms with Crippen molar-refractivity contribution in [2.75, 3.05) is 0 Å². The summed E-state index contributed by atoms with van der Waals surface area (Å²) in [5.41, 5.74) is 0. The molecule has 0 aromatic heterocycles. The summed E-state index contributed by atoms with van der Waals surface area (Å²) in [5, 5.41) is 0. The van der Waals surface area contributed by atoms with Crippen LogP contribution in [0, 0.1) is 0 Å². The van der Waals surface area contributed by atoms with Gasteiger partial charge in [-0.25, -0.2) is 0 Å². The van der Waals surface area contributed by atoms with E-state index in [0.717, 1.165) is 0 Å². The molecule has 0 radical (unpaired) electrons. The number of hydrogen-bond acceptors (Lipinski definition) is 0. The number of hydrogen-bond donors (Lipinski definition) is 0. The Hall–Kier alpha value is -0.562. The second kappa shape index (κ2) is 9.45. The third kappa shape index (κ3) is 4.71. The van der Waals surface area contributed by atoms with E-state index >= 15 is 0 Å². The van der Waals surface area contributed by atoms with Crippen LogP contribution < -0.4 is 44.5 Å². The quantitative estimate of drug-likeness (QED) is 0.316. The molecule has 0 spiro atoms. The Morgan fingerprint density at radius 3 is 0.857 bits per heavy atom. The molecule has 3 aromatic carbocycles. The van der Waals surface area contributed by atoms with Crippen molar-refractivity contribution in [1.29, 1.82) is 0 Å². The van der Waals surface area contributed by atoms with Crippen molar-refractivity contribution in [3.8, 4) is 0 Å². The van der Waals surface area contributed by atoms with Crippen LogP contribution in [0.1, 0.15) is 0 Å². The summed E-state index contributed by atoms with van der Waals surface area (Å²) >= 11 is -1.83. The van der Waals surface area contributed by atoms with Gasteiger partial charge in [0.15, 0.2) is 0 Å². The van der Waals surface area contributed by atoms with E-state index < -0.39 is 20.2 Å². The molecule has 0 saturated carbocycles. The molecule has 0 saturated heterocycles. The van der Waals surface area contributed by atoms with E-state index in [1.54, 1.807) is 0 Å². The predicted molar refractivity (Wildman–Crippen MR) is 84.0 cm³/mol. The van der Waals surface area contributed by atoms with Crippen molar-refractivity contribution in [3.05, 3.63) is 91.0 Å². The summed E-state index contributed by atoms with van der Waals surface area (Å²) in [6.45, 7) is 0. The molecule has 0 aliphatic rings. The van der Waals surface area contributed by atoms with Crippen molar-refractivity contribution < 1.29 is 34.0 Å². The third-order valence-electron chi connectivity index (χ3n) is 3.04. The minimum absolute atomic E-state index is 0. The van der Waals surface area contributed by atoms with Crippen LogP contribution in [0.4, 0.5) is 0 Å². The number of benzene rings is 3. The van der Waals surface area contributed by atoms with Crippen LogP contribution in [0.3, 0.4) is 0 Å². The Morgan fingerprint density at radius 1 is 0.381 bits per heavy atom. The fraction of sp³-hybridized carbons (Fsp3) is 0. The van der Waals surface area contributed by atoms with Gasteiger partial charge < -0.3 is 34.0 Å².